The predicted molar refractivity (Wildman–Crippen MR) is 93.8 cm³/mol. The molecule has 0 spiro atoms. The number of fused-ring (bicyclic) bond motifs is 1. The van der Waals surface area contributed by atoms with Crippen LogP contribution in [0.15, 0.2) is 42.1 Å². The van der Waals surface area contributed by atoms with Crippen LogP contribution in [-0.4, -0.2) is 30.1 Å². The Labute approximate surface area is 138 Å². The summed E-state index contributed by atoms with van der Waals surface area (Å²) in [5.41, 5.74) is 4.56. The maximum Gasteiger partial charge on any atom is 0.322 e. The van der Waals surface area contributed by atoms with Crippen LogP contribution < -0.4 is 10.6 Å². The standard InChI is InChI=1S/C19H25N3O/c1-3-16-17-8-6-5-7-14(17)13-22(18(16)4-2)19(23)21-15-9-11-20-12-10-15/h3-8,15,20H,9-13H2,1-2H3,(H,21,23)/b16-3-,18-4+. The van der Waals surface area contributed by atoms with E-state index in [-0.39, 0.29) is 12.1 Å². The minimum atomic E-state index is 0.0128. The molecule has 0 aromatic heterocycles. The maximum absolute atomic E-state index is 12.8. The van der Waals surface area contributed by atoms with Gasteiger partial charge in [-0.2, -0.15) is 0 Å². The van der Waals surface area contributed by atoms with E-state index in [4.69, 9.17) is 0 Å². The lowest BCUT2D eigenvalue weighted by atomic mass is 9.92. The van der Waals surface area contributed by atoms with Crippen molar-refractivity contribution in [2.75, 3.05) is 13.1 Å². The second-order valence-electron chi connectivity index (χ2n) is 6.09. The largest absolute Gasteiger partial charge is 0.335 e. The molecule has 0 unspecified atom stereocenters. The van der Waals surface area contributed by atoms with Gasteiger partial charge in [0.2, 0.25) is 0 Å². The highest BCUT2D eigenvalue weighted by Crippen LogP contribution is 2.35. The number of carbonyl (C=O) groups is 1. The monoisotopic (exact) mass is 311 g/mol. The van der Waals surface area contributed by atoms with E-state index in [2.05, 4.69) is 34.9 Å². The quantitative estimate of drug-likeness (QED) is 0.836. The van der Waals surface area contributed by atoms with Gasteiger partial charge in [0.1, 0.15) is 0 Å². The number of urea groups is 1. The molecule has 0 atom stereocenters. The van der Waals surface area contributed by atoms with Gasteiger partial charge in [-0.1, -0.05) is 36.4 Å². The Morgan fingerprint density at radius 3 is 2.65 bits per heavy atom. The minimum absolute atomic E-state index is 0.0128. The topological polar surface area (TPSA) is 44.4 Å². The molecule has 23 heavy (non-hydrogen) atoms. The van der Waals surface area contributed by atoms with E-state index in [1.165, 1.54) is 11.1 Å². The molecule has 0 bridgehead atoms. The molecule has 2 amide bonds. The molecular weight excluding hydrogens is 286 g/mol. The lowest BCUT2D eigenvalue weighted by Gasteiger charge is -2.35. The van der Waals surface area contributed by atoms with Crippen LogP contribution in [0.4, 0.5) is 4.79 Å². The Bertz CT molecular complexity index is 642. The van der Waals surface area contributed by atoms with Crippen molar-refractivity contribution in [3.05, 3.63) is 53.2 Å². The lowest BCUT2D eigenvalue weighted by molar-refractivity contribution is 0.202. The van der Waals surface area contributed by atoms with Gasteiger partial charge >= 0.3 is 6.03 Å². The molecule has 1 aromatic rings. The van der Waals surface area contributed by atoms with Gasteiger partial charge in [0.15, 0.2) is 0 Å². The zero-order valence-corrected chi connectivity index (χ0v) is 13.9. The van der Waals surface area contributed by atoms with E-state index >= 15 is 0 Å². The van der Waals surface area contributed by atoms with E-state index in [9.17, 15) is 4.79 Å². The van der Waals surface area contributed by atoms with Crippen molar-refractivity contribution < 1.29 is 4.79 Å². The second-order valence-corrected chi connectivity index (χ2v) is 6.09. The van der Waals surface area contributed by atoms with Crippen LogP contribution >= 0.6 is 0 Å². The summed E-state index contributed by atoms with van der Waals surface area (Å²) in [6, 6.07) is 8.62. The Balaban J connectivity index is 1.85. The van der Waals surface area contributed by atoms with E-state index in [1.807, 2.05) is 30.9 Å². The van der Waals surface area contributed by atoms with E-state index < -0.39 is 0 Å². The van der Waals surface area contributed by atoms with Crippen LogP contribution in [0.3, 0.4) is 0 Å². The third-order valence-corrected chi connectivity index (χ3v) is 4.68. The second kappa shape index (κ2) is 7.01. The van der Waals surface area contributed by atoms with Gasteiger partial charge in [0.05, 0.1) is 6.54 Å². The average molecular weight is 311 g/mol. The summed E-state index contributed by atoms with van der Waals surface area (Å²) in [6.45, 7) is 6.61. The number of benzene rings is 1. The van der Waals surface area contributed by atoms with Crippen LogP contribution in [0.5, 0.6) is 0 Å². The van der Waals surface area contributed by atoms with Crippen molar-refractivity contribution in [1.29, 1.82) is 0 Å². The molecule has 4 heteroatoms. The van der Waals surface area contributed by atoms with Crippen molar-refractivity contribution in [2.45, 2.75) is 39.3 Å². The molecule has 1 aromatic carbocycles. The molecule has 2 heterocycles. The fraction of sp³-hybridized carbons (Fsp3) is 0.421. The van der Waals surface area contributed by atoms with Crippen molar-refractivity contribution in [3.8, 4) is 0 Å². The first-order valence-electron chi connectivity index (χ1n) is 8.44. The summed E-state index contributed by atoms with van der Waals surface area (Å²) in [6.07, 6.45) is 6.13. The lowest BCUT2D eigenvalue weighted by Crippen LogP contribution is -2.48. The summed E-state index contributed by atoms with van der Waals surface area (Å²) in [4.78, 5) is 14.7. The highest BCUT2D eigenvalue weighted by molar-refractivity contribution is 5.89. The highest BCUT2D eigenvalue weighted by atomic mass is 16.2. The fourth-order valence-electron chi connectivity index (χ4n) is 3.47. The number of carbonyl (C=O) groups excluding carboxylic acids is 1. The first-order valence-corrected chi connectivity index (χ1v) is 8.44. The van der Waals surface area contributed by atoms with Crippen LogP contribution in [0.2, 0.25) is 0 Å². The zero-order chi connectivity index (χ0) is 16.2. The number of amides is 2. The molecule has 0 radical (unpaired) electrons. The minimum Gasteiger partial charge on any atom is -0.335 e. The number of rotatable bonds is 1. The third-order valence-electron chi connectivity index (χ3n) is 4.68. The summed E-state index contributed by atoms with van der Waals surface area (Å²) < 4.78 is 0. The Kier molecular flexibility index (Phi) is 4.82. The number of allylic oxidation sites excluding steroid dienone is 3. The van der Waals surface area contributed by atoms with Crippen molar-refractivity contribution >= 4 is 11.6 Å². The molecule has 2 aliphatic heterocycles. The highest BCUT2D eigenvalue weighted by Gasteiger charge is 2.29. The van der Waals surface area contributed by atoms with Crippen molar-refractivity contribution in [2.24, 2.45) is 0 Å². The summed E-state index contributed by atoms with van der Waals surface area (Å²) in [7, 11) is 0. The van der Waals surface area contributed by atoms with Gasteiger partial charge < -0.3 is 10.6 Å². The molecule has 4 nitrogen and oxygen atoms in total. The van der Waals surface area contributed by atoms with Gasteiger partial charge in [-0.15, -0.1) is 0 Å². The smallest absolute Gasteiger partial charge is 0.322 e. The first-order chi connectivity index (χ1) is 11.2. The Hall–Kier alpha value is -2.07. The summed E-state index contributed by atoms with van der Waals surface area (Å²) >= 11 is 0. The Morgan fingerprint density at radius 2 is 1.96 bits per heavy atom. The molecule has 3 rings (SSSR count). The summed E-state index contributed by atoms with van der Waals surface area (Å²) in [5, 5.41) is 6.54. The summed E-state index contributed by atoms with van der Waals surface area (Å²) in [5.74, 6) is 0. The number of nitrogens with one attached hydrogen (secondary N) is 2. The van der Waals surface area contributed by atoms with Crippen LogP contribution in [0.1, 0.15) is 37.8 Å². The average Bonchev–Trinajstić information content (AvgIpc) is 2.60. The van der Waals surface area contributed by atoms with E-state index in [1.54, 1.807) is 0 Å². The predicted octanol–water partition coefficient (Wildman–Crippen LogP) is 3.27. The van der Waals surface area contributed by atoms with Gasteiger partial charge in [-0.05, 0) is 50.9 Å². The third kappa shape index (κ3) is 3.17. The maximum atomic E-state index is 12.8. The van der Waals surface area contributed by atoms with Gasteiger partial charge in [-0.25, -0.2) is 4.79 Å². The molecule has 2 aliphatic rings. The van der Waals surface area contributed by atoms with Crippen molar-refractivity contribution in [1.82, 2.24) is 15.5 Å². The normalized spacial score (nSPS) is 22.3. The molecule has 0 saturated carbocycles. The first kappa shape index (κ1) is 15.8. The number of nitrogens with zero attached hydrogens (tertiary/aromatic N) is 1. The van der Waals surface area contributed by atoms with Gasteiger partial charge in [0, 0.05) is 17.3 Å². The molecule has 1 saturated heterocycles. The molecule has 1 fully saturated rings. The molecule has 122 valence electrons. The van der Waals surface area contributed by atoms with Crippen LogP contribution in [0.25, 0.3) is 5.57 Å². The van der Waals surface area contributed by atoms with Crippen LogP contribution in [-0.2, 0) is 6.54 Å². The number of piperidine rings is 1. The zero-order valence-electron chi connectivity index (χ0n) is 13.9. The van der Waals surface area contributed by atoms with Gasteiger partial charge in [-0.3, -0.25) is 4.90 Å². The number of hydrogen-bond donors (Lipinski definition) is 2. The van der Waals surface area contributed by atoms with Crippen molar-refractivity contribution in [3.63, 3.8) is 0 Å². The molecule has 2 N–H and O–H groups in total. The van der Waals surface area contributed by atoms with Crippen LogP contribution in [0, 0.1) is 0 Å². The SMILES string of the molecule is C/C=C1\C(=C/C)N(C(=O)NC2CCNCC2)Cc2ccccc21. The molecule has 0 aliphatic carbocycles. The van der Waals surface area contributed by atoms with Gasteiger partial charge in [0.25, 0.3) is 0 Å². The Morgan fingerprint density at radius 1 is 1.22 bits per heavy atom. The molecular formula is C19H25N3O. The van der Waals surface area contributed by atoms with E-state index in [0.717, 1.165) is 37.2 Å². The number of hydrogen-bond acceptors (Lipinski definition) is 2. The fourth-order valence-corrected chi connectivity index (χ4v) is 3.47. The van der Waals surface area contributed by atoms with E-state index in [0.29, 0.717) is 6.54 Å².